The van der Waals surface area contributed by atoms with Crippen LogP contribution in [0.25, 0.3) is 22.3 Å². The molecular weight excluding hydrogens is 941 g/mol. The Balaban J connectivity index is 1.01. The second kappa shape index (κ2) is 22.2. The van der Waals surface area contributed by atoms with Gasteiger partial charge in [0.25, 0.3) is 0 Å². The molecular formula is C36H49N8O17P3S. The Morgan fingerprint density at radius 1 is 0.938 bits per heavy atom. The number of carbonyl (C=O) groups excluding carboxylic acids is 3. The number of phosphoric acid groups is 3. The van der Waals surface area contributed by atoms with Crippen LogP contribution in [0.1, 0.15) is 32.1 Å². The van der Waals surface area contributed by atoms with Crippen molar-refractivity contribution in [3.8, 4) is 11.1 Å². The van der Waals surface area contributed by atoms with Crippen LogP contribution in [0.15, 0.2) is 67.3 Å². The number of phosphoric ester groups is 3. The second-order valence-electron chi connectivity index (χ2n) is 15.1. The molecule has 12 N–H and O–H groups in total. The summed E-state index contributed by atoms with van der Waals surface area (Å²) in [6, 6.07) is 16.8. The zero-order valence-corrected chi connectivity index (χ0v) is 38.1. The number of nitrogens with zero attached hydrogens (tertiary/aromatic N) is 4. The van der Waals surface area contributed by atoms with E-state index in [0.717, 1.165) is 45.7 Å². The maximum atomic E-state index is 12.7. The molecule has 4 aromatic rings. The molecule has 2 aromatic heterocycles. The first kappa shape index (κ1) is 51.9. The smallest absolute Gasteiger partial charge is 0.386 e. The number of aliphatic hydroxyl groups excluding tert-OH is 2. The Bertz CT molecular complexity index is 2430. The summed E-state index contributed by atoms with van der Waals surface area (Å²) >= 11 is 0.973. The molecule has 0 aliphatic carbocycles. The number of aromatic nitrogens is 4. The third-order valence-corrected chi connectivity index (χ3v) is 13.7. The molecule has 0 saturated carbocycles. The van der Waals surface area contributed by atoms with E-state index in [1.165, 1.54) is 13.8 Å². The highest BCUT2D eigenvalue weighted by atomic mass is 32.2. The Morgan fingerprint density at radius 3 is 2.28 bits per heavy atom. The topological polar surface area (TPSA) is 390 Å². The van der Waals surface area contributed by atoms with E-state index in [1.54, 1.807) is 0 Å². The summed E-state index contributed by atoms with van der Waals surface area (Å²) in [6.07, 6.45) is -6.68. The molecule has 65 heavy (non-hydrogen) atoms. The van der Waals surface area contributed by atoms with E-state index in [2.05, 4.69) is 34.4 Å². The zero-order valence-electron chi connectivity index (χ0n) is 34.6. The molecule has 1 aliphatic rings. The van der Waals surface area contributed by atoms with Gasteiger partial charge < -0.3 is 56.6 Å². The zero-order chi connectivity index (χ0) is 47.7. The number of hydrogen-bond donors (Lipinski definition) is 10. The molecule has 356 valence electrons. The van der Waals surface area contributed by atoms with Crippen LogP contribution in [0, 0.1) is 5.41 Å². The van der Waals surface area contributed by atoms with Gasteiger partial charge in [-0.3, -0.25) is 32.5 Å². The molecule has 0 spiro atoms. The van der Waals surface area contributed by atoms with Crippen molar-refractivity contribution in [1.29, 1.82) is 0 Å². The number of nitrogen functional groups attached to an aromatic ring is 1. The van der Waals surface area contributed by atoms with Gasteiger partial charge in [-0.1, -0.05) is 80.2 Å². The maximum Gasteiger partial charge on any atom is 0.481 e. The summed E-state index contributed by atoms with van der Waals surface area (Å²) in [4.78, 5) is 88.7. The van der Waals surface area contributed by atoms with Crippen LogP contribution in [0.5, 0.6) is 0 Å². The van der Waals surface area contributed by atoms with Gasteiger partial charge in [-0.25, -0.2) is 28.6 Å². The number of ether oxygens (including phenoxy) is 1. The average Bonchev–Trinajstić information content (AvgIpc) is 3.80. The standard InChI is InChI=1S/C36H49N8O17P3S/c1-36(2,30(47)33(48)40-13-12-26(45)39-14-15-65-35(49)24(37)16-21-8-10-23(11-9-21)22-6-4-3-5-7-22)18-58-64(55,56)61-63(53,54)57-17-25-29(60-62(50,51)52)28(46)34(59-25)44-20-43-27-31(38)41-19-42-32(27)44/h3-11,19-20,24-25,28-30,34,46-47H,12-18,37H2,1-2H3,(H,39,45)(H,40,48)(H,53,54)(H,55,56)(H2,38,41,42)(H2,50,51,52)/t24-,25?,28?,29?,30?,34?/m0/s1. The highest BCUT2D eigenvalue weighted by Gasteiger charge is 2.50. The minimum atomic E-state index is -5.59. The first-order chi connectivity index (χ1) is 30.4. The normalized spacial score (nSPS) is 20.7. The lowest BCUT2D eigenvalue weighted by atomic mass is 9.87. The molecule has 7 unspecified atom stereocenters. The Labute approximate surface area is 375 Å². The molecule has 0 radical (unpaired) electrons. The third kappa shape index (κ3) is 15.0. The Hall–Kier alpha value is -4.04. The summed E-state index contributed by atoms with van der Waals surface area (Å²) < 4.78 is 62.4. The van der Waals surface area contributed by atoms with Crippen molar-refractivity contribution < 1.29 is 80.5 Å². The van der Waals surface area contributed by atoms with Crippen molar-refractivity contribution in [2.75, 3.05) is 37.8 Å². The van der Waals surface area contributed by atoms with Gasteiger partial charge >= 0.3 is 23.5 Å². The first-order valence-electron chi connectivity index (χ1n) is 19.4. The molecule has 2 amide bonds. The number of benzene rings is 2. The molecule has 29 heteroatoms. The number of anilines is 1. The van der Waals surface area contributed by atoms with Gasteiger partial charge in [0.2, 0.25) is 16.9 Å². The van der Waals surface area contributed by atoms with Gasteiger partial charge in [0, 0.05) is 30.7 Å². The van der Waals surface area contributed by atoms with Crippen LogP contribution < -0.4 is 22.1 Å². The van der Waals surface area contributed by atoms with E-state index in [0.29, 0.717) is 6.42 Å². The van der Waals surface area contributed by atoms with Crippen molar-refractivity contribution in [2.24, 2.45) is 11.1 Å². The largest absolute Gasteiger partial charge is 0.481 e. The van der Waals surface area contributed by atoms with E-state index in [9.17, 15) is 57.9 Å². The van der Waals surface area contributed by atoms with Crippen LogP contribution in [0.3, 0.4) is 0 Å². The van der Waals surface area contributed by atoms with E-state index in [4.69, 9.17) is 25.3 Å². The molecule has 5 rings (SSSR count). The number of amides is 2. The van der Waals surface area contributed by atoms with Crippen molar-refractivity contribution in [3.05, 3.63) is 72.8 Å². The number of imidazole rings is 1. The summed E-state index contributed by atoms with van der Waals surface area (Å²) in [5, 5.41) is 26.3. The highest BCUT2D eigenvalue weighted by molar-refractivity contribution is 8.13. The number of nitrogens with two attached hydrogens (primary N) is 2. The summed E-state index contributed by atoms with van der Waals surface area (Å²) in [5.74, 6) is -1.27. The molecule has 25 nitrogen and oxygen atoms in total. The molecule has 3 heterocycles. The summed E-state index contributed by atoms with van der Waals surface area (Å²) in [5.41, 5.74) is 13.4. The number of fused-ring (bicyclic) bond motifs is 1. The van der Waals surface area contributed by atoms with Gasteiger partial charge in [0.15, 0.2) is 17.7 Å². The van der Waals surface area contributed by atoms with Gasteiger partial charge in [-0.2, -0.15) is 4.31 Å². The van der Waals surface area contributed by atoms with Crippen LogP contribution in [-0.2, 0) is 57.1 Å². The van der Waals surface area contributed by atoms with E-state index in [-0.39, 0.29) is 47.4 Å². The fraction of sp³-hybridized carbons (Fsp3) is 0.444. The molecule has 1 aliphatic heterocycles. The lowest BCUT2D eigenvalue weighted by Crippen LogP contribution is -2.46. The quantitative estimate of drug-likeness (QED) is 0.0364. The monoisotopic (exact) mass is 990 g/mol. The fourth-order valence-corrected chi connectivity index (χ4v) is 9.72. The first-order valence-corrected chi connectivity index (χ1v) is 24.9. The van der Waals surface area contributed by atoms with Crippen molar-refractivity contribution in [3.63, 3.8) is 0 Å². The van der Waals surface area contributed by atoms with Crippen molar-refractivity contribution >= 4 is 69.1 Å². The lowest BCUT2D eigenvalue weighted by molar-refractivity contribution is -0.137. The van der Waals surface area contributed by atoms with Crippen LogP contribution >= 0.6 is 35.2 Å². The van der Waals surface area contributed by atoms with Crippen molar-refractivity contribution in [1.82, 2.24) is 30.2 Å². The molecule has 0 bridgehead atoms. The van der Waals surface area contributed by atoms with Gasteiger partial charge in [0.1, 0.15) is 36.3 Å². The number of aliphatic hydroxyl groups is 2. The van der Waals surface area contributed by atoms with Gasteiger partial charge in [-0.15, -0.1) is 0 Å². The SMILES string of the molecule is CC(C)(COP(=O)(O)OP(=O)(O)OCC1OC(n2cnc3c(N)ncnc32)C(O)C1OP(=O)(O)O)C(O)C(=O)NCCC(=O)NCCSC(=O)[C@@H](N)Cc1ccc(-c2ccccc2)cc1. The van der Waals surface area contributed by atoms with Gasteiger partial charge in [0.05, 0.1) is 25.6 Å². The number of rotatable bonds is 23. The maximum absolute atomic E-state index is 12.7. The minimum absolute atomic E-state index is 0.0256. The van der Waals surface area contributed by atoms with Crippen LogP contribution in [-0.4, -0.2) is 129 Å². The van der Waals surface area contributed by atoms with E-state index < -0.39 is 90.6 Å². The number of hydrogen-bond acceptors (Lipinski definition) is 19. The predicted molar refractivity (Wildman–Crippen MR) is 231 cm³/mol. The molecule has 1 saturated heterocycles. The Morgan fingerprint density at radius 2 is 1.60 bits per heavy atom. The van der Waals surface area contributed by atoms with Crippen LogP contribution in [0.2, 0.25) is 0 Å². The highest BCUT2D eigenvalue weighted by Crippen LogP contribution is 2.61. The van der Waals surface area contributed by atoms with Crippen LogP contribution in [0.4, 0.5) is 5.82 Å². The average molecular weight is 991 g/mol. The molecule has 2 aromatic carbocycles. The number of thioether (sulfide) groups is 1. The molecule has 8 atom stereocenters. The summed E-state index contributed by atoms with van der Waals surface area (Å²) in [6.45, 7) is 0.351. The van der Waals surface area contributed by atoms with Crippen molar-refractivity contribution in [2.45, 2.75) is 63.4 Å². The Kier molecular flexibility index (Phi) is 17.7. The second-order valence-corrected chi connectivity index (χ2v) is 20.4. The fourth-order valence-electron chi connectivity index (χ4n) is 6.19. The predicted octanol–water partition coefficient (Wildman–Crippen LogP) is 0.902. The van der Waals surface area contributed by atoms with E-state index >= 15 is 0 Å². The minimum Gasteiger partial charge on any atom is -0.386 e. The third-order valence-electron chi connectivity index (χ3n) is 9.57. The number of carbonyl (C=O) groups is 3. The number of nitrogens with one attached hydrogen (secondary N) is 2. The lowest BCUT2D eigenvalue weighted by Gasteiger charge is -2.30. The van der Waals surface area contributed by atoms with Gasteiger partial charge in [-0.05, 0) is 23.1 Å². The molecule has 1 fully saturated rings. The summed E-state index contributed by atoms with van der Waals surface area (Å²) in [7, 11) is -16.4. The van der Waals surface area contributed by atoms with E-state index in [1.807, 2.05) is 54.6 Å².